The van der Waals surface area contributed by atoms with E-state index in [1.165, 1.54) is 27.3 Å². The Hall–Kier alpha value is -2.74. The topological polar surface area (TPSA) is 25.8 Å². The van der Waals surface area contributed by atoms with Crippen molar-refractivity contribution in [2.24, 2.45) is 0 Å². The summed E-state index contributed by atoms with van der Waals surface area (Å²) in [5, 5.41) is 3.79. The Morgan fingerprint density at radius 1 is 0.654 bits per heavy atom. The van der Waals surface area contributed by atoms with E-state index < -0.39 is 0 Å². The third kappa shape index (κ3) is 3.91. The number of fused-ring (bicyclic) bond motifs is 2. The van der Waals surface area contributed by atoms with E-state index in [2.05, 4.69) is 86.2 Å². The fraction of sp³-hybridized carbons (Fsp3) is 0.250. The van der Waals surface area contributed by atoms with Crippen LogP contribution in [0.15, 0.2) is 73.2 Å². The van der Waals surface area contributed by atoms with Crippen LogP contribution in [-0.2, 0) is 0 Å². The second-order valence-electron chi connectivity index (χ2n) is 7.18. The van der Waals surface area contributed by atoms with Crippen LogP contribution in [0.2, 0.25) is 0 Å². The van der Waals surface area contributed by atoms with Crippen LogP contribution in [0.5, 0.6) is 0 Å². The third-order valence-electron chi connectivity index (χ3n) is 4.63. The molecule has 132 valence electrons. The summed E-state index contributed by atoms with van der Waals surface area (Å²) < 4.78 is 0. The summed E-state index contributed by atoms with van der Waals surface area (Å²) in [4.78, 5) is 8.56. The van der Waals surface area contributed by atoms with E-state index in [-0.39, 0.29) is 0 Å². The van der Waals surface area contributed by atoms with Gasteiger partial charge in [-0.1, -0.05) is 70.2 Å². The van der Waals surface area contributed by atoms with Crippen LogP contribution in [0.1, 0.15) is 50.7 Å². The Kier molecular flexibility index (Phi) is 5.62. The van der Waals surface area contributed by atoms with Crippen molar-refractivity contribution in [1.82, 2.24) is 9.97 Å². The van der Waals surface area contributed by atoms with Crippen molar-refractivity contribution >= 4 is 21.7 Å². The molecule has 4 rings (SSSR count). The zero-order chi connectivity index (χ0) is 18.5. The summed E-state index contributed by atoms with van der Waals surface area (Å²) in [6.07, 6.45) is 5.64. The molecule has 0 amide bonds. The first-order valence-electron chi connectivity index (χ1n) is 9.24. The number of hydrogen-bond donors (Lipinski definition) is 0. The molecular formula is C24H26N2. The lowest BCUT2D eigenvalue weighted by atomic mass is 9.98. The number of hydrogen-bond acceptors (Lipinski definition) is 2. The first kappa shape index (κ1) is 18.1. The van der Waals surface area contributed by atoms with Crippen LogP contribution < -0.4 is 0 Å². The SMILES string of the molecule is CC(C)c1cccc2cccnc12.CC(C)c1cccc2ccncc12. The summed E-state index contributed by atoms with van der Waals surface area (Å²) in [5.41, 5.74) is 3.85. The normalized spacial score (nSPS) is 11.0. The Morgan fingerprint density at radius 2 is 1.31 bits per heavy atom. The van der Waals surface area contributed by atoms with Crippen LogP contribution in [0.4, 0.5) is 0 Å². The highest BCUT2D eigenvalue weighted by Crippen LogP contribution is 2.24. The summed E-state index contributed by atoms with van der Waals surface area (Å²) in [6.45, 7) is 8.82. The molecule has 0 aliphatic heterocycles. The van der Waals surface area contributed by atoms with Crippen molar-refractivity contribution in [2.75, 3.05) is 0 Å². The Labute approximate surface area is 155 Å². The van der Waals surface area contributed by atoms with Crippen molar-refractivity contribution in [3.05, 3.63) is 84.3 Å². The number of nitrogens with zero attached hydrogens (tertiary/aromatic N) is 2. The van der Waals surface area contributed by atoms with Gasteiger partial charge in [-0.25, -0.2) is 0 Å². The van der Waals surface area contributed by atoms with E-state index in [1.54, 1.807) is 0 Å². The number of rotatable bonds is 2. The van der Waals surface area contributed by atoms with Crippen LogP contribution in [0, 0.1) is 0 Å². The zero-order valence-electron chi connectivity index (χ0n) is 16.0. The smallest absolute Gasteiger partial charge is 0.0736 e. The second kappa shape index (κ2) is 8.09. The highest BCUT2D eigenvalue weighted by Gasteiger charge is 2.04. The van der Waals surface area contributed by atoms with Crippen LogP contribution >= 0.6 is 0 Å². The van der Waals surface area contributed by atoms with Gasteiger partial charge >= 0.3 is 0 Å². The molecular weight excluding hydrogens is 316 g/mol. The molecule has 2 aromatic heterocycles. The van der Waals surface area contributed by atoms with Gasteiger partial charge in [-0.2, -0.15) is 0 Å². The summed E-state index contributed by atoms with van der Waals surface area (Å²) in [6, 6.07) is 18.9. The largest absolute Gasteiger partial charge is 0.264 e. The van der Waals surface area contributed by atoms with E-state index in [0.29, 0.717) is 11.8 Å². The number of pyridine rings is 2. The standard InChI is InChI=1S/2C12H13N/c1-9(2)11-7-3-5-10-6-4-8-13-12(10)11;1-9(2)11-5-3-4-10-6-7-13-8-12(10)11/h2*3-9H,1-2H3. The maximum absolute atomic E-state index is 4.40. The maximum Gasteiger partial charge on any atom is 0.0736 e. The molecule has 0 saturated heterocycles. The molecule has 2 aromatic carbocycles. The zero-order valence-corrected chi connectivity index (χ0v) is 16.0. The van der Waals surface area contributed by atoms with Gasteiger partial charge in [-0.05, 0) is 40.5 Å². The molecule has 0 spiro atoms. The van der Waals surface area contributed by atoms with E-state index >= 15 is 0 Å². The molecule has 0 radical (unpaired) electrons. The minimum absolute atomic E-state index is 0.540. The van der Waals surface area contributed by atoms with E-state index in [1.807, 2.05) is 24.7 Å². The first-order chi connectivity index (χ1) is 12.6. The molecule has 2 nitrogen and oxygen atoms in total. The van der Waals surface area contributed by atoms with Crippen molar-refractivity contribution in [3.8, 4) is 0 Å². The lowest BCUT2D eigenvalue weighted by molar-refractivity contribution is 0.873. The highest BCUT2D eigenvalue weighted by molar-refractivity contribution is 5.85. The molecule has 0 N–H and O–H groups in total. The number of aromatic nitrogens is 2. The second-order valence-corrected chi connectivity index (χ2v) is 7.18. The predicted molar refractivity (Wildman–Crippen MR) is 112 cm³/mol. The molecule has 0 saturated carbocycles. The molecule has 2 heterocycles. The fourth-order valence-electron chi connectivity index (χ4n) is 3.23. The monoisotopic (exact) mass is 342 g/mol. The highest BCUT2D eigenvalue weighted by atomic mass is 14.6. The summed E-state index contributed by atoms with van der Waals surface area (Å²) >= 11 is 0. The third-order valence-corrected chi connectivity index (χ3v) is 4.63. The van der Waals surface area contributed by atoms with Gasteiger partial charge in [0.15, 0.2) is 0 Å². The van der Waals surface area contributed by atoms with Crippen LogP contribution in [0.25, 0.3) is 21.7 Å². The van der Waals surface area contributed by atoms with Gasteiger partial charge < -0.3 is 0 Å². The van der Waals surface area contributed by atoms with Gasteiger partial charge in [-0.15, -0.1) is 0 Å². The summed E-state index contributed by atoms with van der Waals surface area (Å²) in [7, 11) is 0. The van der Waals surface area contributed by atoms with Crippen molar-refractivity contribution in [1.29, 1.82) is 0 Å². The van der Waals surface area contributed by atoms with E-state index in [0.717, 1.165) is 5.52 Å². The maximum atomic E-state index is 4.40. The number of benzene rings is 2. The Bertz CT molecular complexity index is 909. The van der Waals surface area contributed by atoms with Gasteiger partial charge in [0.25, 0.3) is 0 Å². The minimum atomic E-state index is 0.540. The molecule has 0 unspecified atom stereocenters. The van der Waals surface area contributed by atoms with Gasteiger partial charge in [0.1, 0.15) is 0 Å². The van der Waals surface area contributed by atoms with E-state index in [9.17, 15) is 0 Å². The molecule has 2 heteroatoms. The van der Waals surface area contributed by atoms with E-state index in [4.69, 9.17) is 0 Å². The quantitative estimate of drug-likeness (QED) is 0.404. The van der Waals surface area contributed by atoms with Gasteiger partial charge in [0.05, 0.1) is 5.52 Å². The van der Waals surface area contributed by atoms with Crippen molar-refractivity contribution < 1.29 is 0 Å². The summed E-state index contributed by atoms with van der Waals surface area (Å²) in [5.74, 6) is 1.10. The van der Waals surface area contributed by atoms with Crippen LogP contribution in [0.3, 0.4) is 0 Å². The predicted octanol–water partition coefficient (Wildman–Crippen LogP) is 6.72. The molecule has 26 heavy (non-hydrogen) atoms. The molecule has 0 fully saturated rings. The minimum Gasteiger partial charge on any atom is -0.264 e. The average Bonchev–Trinajstić information content (AvgIpc) is 2.67. The first-order valence-corrected chi connectivity index (χ1v) is 9.24. The Balaban J connectivity index is 0.000000151. The van der Waals surface area contributed by atoms with Gasteiger partial charge in [-0.3, -0.25) is 9.97 Å². The number of para-hydroxylation sites is 1. The lowest BCUT2D eigenvalue weighted by Gasteiger charge is -2.08. The van der Waals surface area contributed by atoms with Gasteiger partial charge in [0, 0.05) is 29.4 Å². The molecule has 4 aromatic rings. The molecule has 0 aliphatic rings. The molecule has 0 atom stereocenters. The lowest BCUT2D eigenvalue weighted by Crippen LogP contribution is -1.90. The average molecular weight is 342 g/mol. The fourth-order valence-corrected chi connectivity index (χ4v) is 3.23. The molecule has 0 bridgehead atoms. The van der Waals surface area contributed by atoms with Crippen LogP contribution in [-0.4, -0.2) is 9.97 Å². The van der Waals surface area contributed by atoms with Crippen molar-refractivity contribution in [2.45, 2.75) is 39.5 Å². The van der Waals surface area contributed by atoms with Gasteiger partial charge in [0.2, 0.25) is 0 Å². The van der Waals surface area contributed by atoms with Crippen molar-refractivity contribution in [3.63, 3.8) is 0 Å². The Morgan fingerprint density at radius 3 is 2.04 bits per heavy atom. The molecule has 0 aliphatic carbocycles.